The molecule has 1 atom stereocenters. The largest absolute Gasteiger partial charge is 0.489 e. The van der Waals surface area contributed by atoms with E-state index in [1.54, 1.807) is 32.9 Å². The Morgan fingerprint density at radius 2 is 1.62 bits per heavy atom. The molecule has 0 aliphatic carbocycles. The van der Waals surface area contributed by atoms with E-state index in [2.05, 4.69) is 5.32 Å². The number of fused-ring (bicyclic) bond motifs is 1. The van der Waals surface area contributed by atoms with Crippen molar-refractivity contribution in [1.29, 1.82) is 0 Å². The summed E-state index contributed by atoms with van der Waals surface area (Å²) >= 11 is 0. The number of nitrogens with one attached hydrogen (secondary N) is 1. The molecule has 1 heterocycles. The van der Waals surface area contributed by atoms with Gasteiger partial charge >= 0.3 is 17.7 Å². The van der Waals surface area contributed by atoms with E-state index in [-0.39, 0.29) is 12.2 Å². The number of carbonyl (C=O) groups is 2. The lowest BCUT2D eigenvalue weighted by molar-refractivity contribution is -0.136. The minimum atomic E-state index is -1.05. The summed E-state index contributed by atoms with van der Waals surface area (Å²) in [5, 5.41) is 3.41. The van der Waals surface area contributed by atoms with Gasteiger partial charge < -0.3 is 23.9 Å². The minimum absolute atomic E-state index is 0.152. The molecule has 0 saturated heterocycles. The van der Waals surface area contributed by atoms with Gasteiger partial charge in [-0.15, -0.1) is 0 Å². The Kier molecular flexibility index (Phi) is 9.68. The molecule has 42 heavy (non-hydrogen) atoms. The van der Waals surface area contributed by atoms with E-state index in [4.69, 9.17) is 18.6 Å². The van der Waals surface area contributed by atoms with Gasteiger partial charge in [0, 0.05) is 23.4 Å². The fraction of sp³-hybridized carbons (Fsp3) is 0.324. The van der Waals surface area contributed by atoms with Gasteiger partial charge in [-0.1, -0.05) is 55.8 Å². The van der Waals surface area contributed by atoms with Crippen LogP contribution in [0.5, 0.6) is 11.5 Å². The van der Waals surface area contributed by atoms with Crippen molar-refractivity contribution in [3.63, 3.8) is 0 Å². The quantitative estimate of drug-likeness (QED) is 0.129. The first kappa shape index (κ1) is 30.4. The van der Waals surface area contributed by atoms with Gasteiger partial charge in [0.25, 0.3) is 0 Å². The number of benzene rings is 3. The van der Waals surface area contributed by atoms with E-state index in [0.29, 0.717) is 29.9 Å². The molecule has 220 valence electrons. The zero-order valence-electron chi connectivity index (χ0n) is 24.7. The fourth-order valence-electron chi connectivity index (χ4n) is 4.51. The van der Waals surface area contributed by atoms with Crippen LogP contribution < -0.4 is 20.4 Å². The van der Waals surface area contributed by atoms with Crippen molar-refractivity contribution in [1.82, 2.24) is 5.32 Å². The van der Waals surface area contributed by atoms with E-state index in [1.807, 2.05) is 68.4 Å². The van der Waals surface area contributed by atoms with Crippen molar-refractivity contribution < 1.29 is 28.2 Å². The Labute approximate surface area is 245 Å². The minimum Gasteiger partial charge on any atom is -0.489 e. The van der Waals surface area contributed by atoms with E-state index in [1.165, 1.54) is 6.07 Å². The molecular formula is C34H37NO7. The van der Waals surface area contributed by atoms with Crippen molar-refractivity contribution >= 4 is 23.0 Å². The topological polar surface area (TPSA) is 104 Å². The molecule has 1 aromatic heterocycles. The number of aryl methyl sites for hydroxylation is 1. The van der Waals surface area contributed by atoms with Gasteiger partial charge in [0.1, 0.15) is 35.3 Å². The molecule has 4 aromatic rings. The number of carbonyl (C=O) groups excluding carboxylic acids is 2. The van der Waals surface area contributed by atoms with Crippen LogP contribution in [0.4, 0.5) is 4.79 Å². The third-order valence-corrected chi connectivity index (χ3v) is 6.56. The van der Waals surface area contributed by atoms with Crippen LogP contribution in [0.25, 0.3) is 11.0 Å². The third-order valence-electron chi connectivity index (χ3n) is 6.56. The molecule has 0 fully saturated rings. The highest BCUT2D eigenvalue weighted by Crippen LogP contribution is 2.25. The molecule has 8 heteroatoms. The monoisotopic (exact) mass is 571 g/mol. The molecule has 3 aromatic carbocycles. The predicted molar refractivity (Wildman–Crippen MR) is 161 cm³/mol. The summed E-state index contributed by atoms with van der Waals surface area (Å²) in [6.07, 6.45) is 0.858. The van der Waals surface area contributed by atoms with Gasteiger partial charge in [0.05, 0.1) is 0 Å². The average Bonchev–Trinajstić information content (AvgIpc) is 2.94. The Bertz CT molecular complexity index is 1590. The first-order chi connectivity index (χ1) is 20.0. The van der Waals surface area contributed by atoms with E-state index in [0.717, 1.165) is 28.5 Å². The highest BCUT2D eigenvalue weighted by atomic mass is 16.6. The number of ether oxygens (including phenoxy) is 3. The summed E-state index contributed by atoms with van der Waals surface area (Å²) in [6.45, 7) is 9.54. The number of hydrogen-bond donors (Lipinski definition) is 1. The summed E-state index contributed by atoms with van der Waals surface area (Å²) in [5.74, 6) is 0.183. The predicted octanol–water partition coefficient (Wildman–Crippen LogP) is 6.67. The van der Waals surface area contributed by atoms with Crippen molar-refractivity contribution in [2.75, 3.05) is 0 Å². The molecule has 0 spiro atoms. The second-order valence-electron chi connectivity index (χ2n) is 11.1. The number of esters is 1. The van der Waals surface area contributed by atoms with E-state index in [9.17, 15) is 14.4 Å². The molecule has 1 amide bonds. The second-order valence-corrected chi connectivity index (χ2v) is 11.1. The number of rotatable bonds is 10. The summed E-state index contributed by atoms with van der Waals surface area (Å²) < 4.78 is 22.4. The summed E-state index contributed by atoms with van der Waals surface area (Å²) in [6, 6.07) is 21.0. The highest BCUT2D eigenvalue weighted by Gasteiger charge is 2.27. The van der Waals surface area contributed by atoms with Crippen molar-refractivity contribution in [2.45, 2.75) is 72.1 Å². The van der Waals surface area contributed by atoms with Gasteiger partial charge in [-0.05, 0) is 75.1 Å². The molecule has 8 nitrogen and oxygen atoms in total. The van der Waals surface area contributed by atoms with Gasteiger partial charge in [0.15, 0.2) is 0 Å². The van der Waals surface area contributed by atoms with Crippen LogP contribution >= 0.6 is 0 Å². The standard InChI is InChI=1S/C34H37NO7/c1-6-10-28-22(2)27-18-17-26(20-30(27)41-31(28)36)40-32(37)29(35-33(38)42-34(3,4)5)19-23-13-15-25(16-14-23)39-21-24-11-8-7-9-12-24/h7-9,11-18,20,29H,6,10,19,21H2,1-5H3,(H,35,38)/t29-/m1/s1. The van der Waals surface area contributed by atoms with Crippen LogP contribution in [0.2, 0.25) is 0 Å². The zero-order chi connectivity index (χ0) is 30.3. The van der Waals surface area contributed by atoms with Gasteiger partial charge in [-0.25, -0.2) is 14.4 Å². The molecule has 0 aliphatic rings. The van der Waals surface area contributed by atoms with Crippen LogP contribution in [-0.2, 0) is 29.0 Å². The van der Waals surface area contributed by atoms with Crippen LogP contribution in [0, 0.1) is 6.92 Å². The molecular weight excluding hydrogens is 534 g/mol. The Morgan fingerprint density at radius 3 is 2.29 bits per heavy atom. The second kappa shape index (κ2) is 13.4. The maximum atomic E-state index is 13.3. The van der Waals surface area contributed by atoms with Crippen LogP contribution in [0.3, 0.4) is 0 Å². The molecule has 4 rings (SSSR count). The smallest absolute Gasteiger partial charge is 0.408 e. The van der Waals surface area contributed by atoms with Crippen LogP contribution in [0.1, 0.15) is 56.4 Å². The first-order valence-corrected chi connectivity index (χ1v) is 14.1. The van der Waals surface area contributed by atoms with Crippen LogP contribution in [-0.4, -0.2) is 23.7 Å². The van der Waals surface area contributed by atoms with E-state index >= 15 is 0 Å². The molecule has 0 bridgehead atoms. The maximum absolute atomic E-state index is 13.3. The van der Waals surface area contributed by atoms with Crippen molar-refractivity contribution in [3.8, 4) is 11.5 Å². The summed E-state index contributed by atoms with van der Waals surface area (Å²) in [5.41, 5.74) is 2.51. The summed E-state index contributed by atoms with van der Waals surface area (Å²) in [4.78, 5) is 38.5. The highest BCUT2D eigenvalue weighted by molar-refractivity contribution is 5.86. The fourth-order valence-corrected chi connectivity index (χ4v) is 4.51. The van der Waals surface area contributed by atoms with Gasteiger partial charge in [-0.3, -0.25) is 0 Å². The Morgan fingerprint density at radius 1 is 0.929 bits per heavy atom. The molecule has 0 saturated carbocycles. The van der Waals surface area contributed by atoms with Crippen molar-refractivity contribution in [2.24, 2.45) is 0 Å². The number of alkyl carbamates (subject to hydrolysis) is 1. The van der Waals surface area contributed by atoms with Crippen molar-refractivity contribution in [3.05, 3.63) is 105 Å². The number of hydrogen-bond acceptors (Lipinski definition) is 7. The zero-order valence-corrected chi connectivity index (χ0v) is 24.7. The van der Waals surface area contributed by atoms with E-state index < -0.39 is 29.3 Å². The molecule has 0 unspecified atom stereocenters. The van der Waals surface area contributed by atoms with Gasteiger partial charge in [0.2, 0.25) is 0 Å². The first-order valence-electron chi connectivity index (χ1n) is 14.1. The lowest BCUT2D eigenvalue weighted by Crippen LogP contribution is -2.46. The normalized spacial score (nSPS) is 12.0. The molecule has 1 N–H and O–H groups in total. The Balaban J connectivity index is 1.51. The molecule has 0 aliphatic heterocycles. The van der Waals surface area contributed by atoms with Gasteiger partial charge in [-0.2, -0.15) is 0 Å². The molecule has 0 radical (unpaired) electrons. The number of amides is 1. The SMILES string of the molecule is CCCc1c(C)c2ccc(OC(=O)[C@@H](Cc3ccc(OCc4ccccc4)cc3)NC(=O)OC(C)(C)C)cc2oc1=O. The Hall–Kier alpha value is -4.59. The average molecular weight is 572 g/mol. The maximum Gasteiger partial charge on any atom is 0.408 e. The lowest BCUT2D eigenvalue weighted by atomic mass is 10.0. The van der Waals surface area contributed by atoms with Crippen LogP contribution in [0.15, 0.2) is 82.0 Å². The third kappa shape index (κ3) is 8.22. The lowest BCUT2D eigenvalue weighted by Gasteiger charge is -2.23. The summed E-state index contributed by atoms with van der Waals surface area (Å²) in [7, 11) is 0.